The summed E-state index contributed by atoms with van der Waals surface area (Å²) in [6.45, 7) is 4.20. The molecular formula is C12H22ClNO. The molecule has 1 heterocycles. The molecule has 0 spiro atoms. The Morgan fingerprint density at radius 2 is 2.00 bits per heavy atom. The van der Waals surface area contributed by atoms with Gasteiger partial charge >= 0.3 is 0 Å². The van der Waals surface area contributed by atoms with Crippen molar-refractivity contribution in [3.05, 3.63) is 0 Å². The normalized spacial score (nSPS) is 36.2. The van der Waals surface area contributed by atoms with Gasteiger partial charge < -0.3 is 10.1 Å². The van der Waals surface area contributed by atoms with Crippen LogP contribution in [0.5, 0.6) is 0 Å². The summed E-state index contributed by atoms with van der Waals surface area (Å²) in [4.78, 5) is 0. The number of ether oxygens (including phenoxy) is 1. The molecule has 2 rings (SSSR count). The van der Waals surface area contributed by atoms with E-state index in [1.807, 2.05) is 0 Å². The summed E-state index contributed by atoms with van der Waals surface area (Å²) in [5, 5.41) is 3.59. The van der Waals surface area contributed by atoms with Gasteiger partial charge in [0.05, 0.1) is 6.61 Å². The molecule has 0 aromatic heterocycles. The molecule has 0 radical (unpaired) electrons. The highest BCUT2D eigenvalue weighted by Gasteiger charge is 2.26. The fourth-order valence-electron chi connectivity index (χ4n) is 2.80. The minimum atomic E-state index is 0.751. The first-order chi connectivity index (χ1) is 7.40. The van der Waals surface area contributed by atoms with E-state index in [1.165, 1.54) is 25.7 Å². The fourth-order valence-corrected chi connectivity index (χ4v) is 3.21. The third-order valence-corrected chi connectivity index (χ3v) is 4.27. The van der Waals surface area contributed by atoms with Gasteiger partial charge in [0, 0.05) is 19.0 Å². The quantitative estimate of drug-likeness (QED) is 0.733. The Labute approximate surface area is 97.7 Å². The Bertz CT molecular complexity index is 182. The van der Waals surface area contributed by atoms with E-state index in [4.69, 9.17) is 16.3 Å². The molecule has 2 aliphatic rings. The molecule has 3 unspecified atom stereocenters. The maximum absolute atomic E-state index is 5.96. The fraction of sp³-hybridized carbons (Fsp3) is 1.00. The number of hydrogen-bond acceptors (Lipinski definition) is 2. The Hall–Kier alpha value is 0.210. The van der Waals surface area contributed by atoms with Crippen LogP contribution < -0.4 is 5.32 Å². The van der Waals surface area contributed by atoms with Crippen molar-refractivity contribution in [2.75, 3.05) is 32.2 Å². The van der Waals surface area contributed by atoms with Crippen molar-refractivity contribution in [3.63, 3.8) is 0 Å². The van der Waals surface area contributed by atoms with E-state index < -0.39 is 0 Å². The lowest BCUT2D eigenvalue weighted by atomic mass is 9.98. The van der Waals surface area contributed by atoms with Gasteiger partial charge in [-0.1, -0.05) is 6.42 Å². The molecule has 0 aromatic carbocycles. The van der Waals surface area contributed by atoms with Gasteiger partial charge in [-0.15, -0.1) is 11.6 Å². The highest BCUT2D eigenvalue weighted by molar-refractivity contribution is 6.18. The van der Waals surface area contributed by atoms with Crippen molar-refractivity contribution in [2.45, 2.75) is 25.7 Å². The second kappa shape index (κ2) is 6.07. The lowest BCUT2D eigenvalue weighted by Crippen LogP contribution is -2.30. The average Bonchev–Trinajstić information content (AvgIpc) is 2.88. The van der Waals surface area contributed by atoms with Gasteiger partial charge in [0.25, 0.3) is 0 Å². The van der Waals surface area contributed by atoms with Crippen LogP contribution in [0.4, 0.5) is 0 Å². The maximum atomic E-state index is 5.96. The van der Waals surface area contributed by atoms with Crippen molar-refractivity contribution in [1.82, 2.24) is 5.32 Å². The van der Waals surface area contributed by atoms with Gasteiger partial charge in [-0.25, -0.2) is 0 Å². The second-order valence-corrected chi connectivity index (χ2v) is 5.30. The Balaban J connectivity index is 1.60. The van der Waals surface area contributed by atoms with E-state index in [-0.39, 0.29) is 0 Å². The molecule has 1 aliphatic heterocycles. The molecule has 3 atom stereocenters. The Morgan fingerprint density at radius 3 is 2.73 bits per heavy atom. The van der Waals surface area contributed by atoms with Crippen molar-refractivity contribution in [3.8, 4) is 0 Å². The number of nitrogens with one attached hydrogen (secondary N) is 1. The highest BCUT2D eigenvalue weighted by atomic mass is 35.5. The minimum Gasteiger partial charge on any atom is -0.381 e. The predicted octanol–water partition coefficient (Wildman–Crippen LogP) is 2.27. The van der Waals surface area contributed by atoms with E-state index in [1.54, 1.807) is 0 Å². The molecule has 2 nitrogen and oxygen atoms in total. The third-order valence-electron chi connectivity index (χ3n) is 3.88. The van der Waals surface area contributed by atoms with E-state index in [9.17, 15) is 0 Å². The predicted molar refractivity (Wildman–Crippen MR) is 63.3 cm³/mol. The van der Waals surface area contributed by atoms with E-state index in [0.717, 1.165) is 49.9 Å². The lowest BCUT2D eigenvalue weighted by molar-refractivity contribution is 0.185. The topological polar surface area (TPSA) is 21.3 Å². The molecule has 1 aliphatic carbocycles. The van der Waals surface area contributed by atoms with E-state index in [2.05, 4.69) is 5.32 Å². The number of alkyl halides is 1. The first-order valence-corrected chi connectivity index (χ1v) is 6.78. The van der Waals surface area contributed by atoms with Gasteiger partial charge in [-0.05, 0) is 43.6 Å². The molecule has 1 N–H and O–H groups in total. The monoisotopic (exact) mass is 231 g/mol. The summed E-state index contributed by atoms with van der Waals surface area (Å²) < 4.78 is 5.36. The molecule has 0 bridgehead atoms. The van der Waals surface area contributed by atoms with Crippen LogP contribution >= 0.6 is 11.6 Å². The zero-order valence-electron chi connectivity index (χ0n) is 9.38. The van der Waals surface area contributed by atoms with Crippen LogP contribution in [-0.2, 0) is 4.74 Å². The van der Waals surface area contributed by atoms with Crippen LogP contribution in [0.2, 0.25) is 0 Å². The Morgan fingerprint density at radius 1 is 1.13 bits per heavy atom. The first-order valence-electron chi connectivity index (χ1n) is 6.24. The zero-order chi connectivity index (χ0) is 10.5. The molecule has 88 valence electrons. The van der Waals surface area contributed by atoms with Gasteiger partial charge in [-0.2, -0.15) is 0 Å². The van der Waals surface area contributed by atoms with Crippen LogP contribution in [0.15, 0.2) is 0 Å². The van der Waals surface area contributed by atoms with Crippen molar-refractivity contribution >= 4 is 11.6 Å². The second-order valence-electron chi connectivity index (χ2n) is 4.99. The SMILES string of the molecule is ClCC1CCCC1CNCC1CCOC1. The van der Waals surface area contributed by atoms with Crippen LogP contribution in [0.3, 0.4) is 0 Å². The molecular weight excluding hydrogens is 210 g/mol. The largest absolute Gasteiger partial charge is 0.381 e. The Kier molecular flexibility index (Phi) is 4.73. The third kappa shape index (κ3) is 3.33. The molecule has 0 aromatic rings. The van der Waals surface area contributed by atoms with E-state index in [0.29, 0.717) is 0 Å². The summed E-state index contributed by atoms with van der Waals surface area (Å²) >= 11 is 5.96. The number of rotatable bonds is 5. The maximum Gasteiger partial charge on any atom is 0.0507 e. The van der Waals surface area contributed by atoms with Gasteiger partial charge in [0.15, 0.2) is 0 Å². The first kappa shape index (κ1) is 11.7. The average molecular weight is 232 g/mol. The van der Waals surface area contributed by atoms with Crippen LogP contribution in [0.25, 0.3) is 0 Å². The molecule has 3 heteroatoms. The number of hydrogen-bond donors (Lipinski definition) is 1. The molecule has 1 saturated carbocycles. The van der Waals surface area contributed by atoms with Gasteiger partial charge in [-0.3, -0.25) is 0 Å². The highest BCUT2D eigenvalue weighted by Crippen LogP contribution is 2.31. The van der Waals surface area contributed by atoms with Crippen molar-refractivity contribution in [2.24, 2.45) is 17.8 Å². The molecule has 1 saturated heterocycles. The van der Waals surface area contributed by atoms with Crippen molar-refractivity contribution in [1.29, 1.82) is 0 Å². The van der Waals surface area contributed by atoms with Gasteiger partial charge in [0.1, 0.15) is 0 Å². The van der Waals surface area contributed by atoms with Crippen LogP contribution in [0.1, 0.15) is 25.7 Å². The summed E-state index contributed by atoms with van der Waals surface area (Å²) in [5.41, 5.74) is 0. The smallest absolute Gasteiger partial charge is 0.0507 e. The van der Waals surface area contributed by atoms with Crippen molar-refractivity contribution < 1.29 is 4.74 Å². The number of halogens is 1. The standard InChI is InChI=1S/C12H22ClNO/c13-6-11-2-1-3-12(11)8-14-7-10-4-5-15-9-10/h10-12,14H,1-9H2. The summed E-state index contributed by atoms with van der Waals surface area (Å²) in [7, 11) is 0. The zero-order valence-corrected chi connectivity index (χ0v) is 10.1. The van der Waals surface area contributed by atoms with E-state index >= 15 is 0 Å². The summed E-state index contributed by atoms with van der Waals surface area (Å²) in [5.74, 6) is 3.18. The lowest BCUT2D eigenvalue weighted by Gasteiger charge is -2.18. The minimum absolute atomic E-state index is 0.751. The molecule has 2 fully saturated rings. The molecule has 0 amide bonds. The molecule has 15 heavy (non-hydrogen) atoms. The van der Waals surface area contributed by atoms with Gasteiger partial charge in [0.2, 0.25) is 0 Å². The summed E-state index contributed by atoms with van der Waals surface area (Å²) in [6.07, 6.45) is 5.31. The summed E-state index contributed by atoms with van der Waals surface area (Å²) in [6, 6.07) is 0. The van der Waals surface area contributed by atoms with Crippen LogP contribution in [0, 0.1) is 17.8 Å². The van der Waals surface area contributed by atoms with Crippen LogP contribution in [-0.4, -0.2) is 32.2 Å².